The predicted octanol–water partition coefficient (Wildman–Crippen LogP) is 2.43. The molecule has 9 heteroatoms. The minimum absolute atomic E-state index is 0.00527. The quantitative estimate of drug-likeness (QED) is 0.691. The first kappa shape index (κ1) is 20.3. The summed E-state index contributed by atoms with van der Waals surface area (Å²) in [4.78, 5) is 24.2. The second-order valence-electron chi connectivity index (χ2n) is 6.81. The first-order chi connectivity index (χ1) is 13.5. The molecule has 0 atom stereocenters. The Hall–Kier alpha value is -2.42. The van der Waals surface area contributed by atoms with E-state index in [1.54, 1.807) is 17.7 Å². The van der Waals surface area contributed by atoms with Crippen molar-refractivity contribution in [3.8, 4) is 0 Å². The molecular weight excluding hydrogens is 381 g/mol. The Kier molecular flexibility index (Phi) is 7.02. The molecule has 150 valence electrons. The molecule has 1 aromatic heterocycles. The van der Waals surface area contributed by atoms with Gasteiger partial charge in [-0.2, -0.15) is 0 Å². The Labute approximate surface area is 167 Å². The fraction of sp³-hybridized carbons (Fsp3) is 0.474. The number of nitrogens with one attached hydrogen (secondary N) is 2. The zero-order valence-electron chi connectivity index (χ0n) is 15.8. The topological polar surface area (TPSA) is 88.9 Å². The fourth-order valence-corrected chi connectivity index (χ4v) is 3.91. The first-order valence-electron chi connectivity index (χ1n) is 9.37. The number of rotatable bonds is 7. The zero-order chi connectivity index (χ0) is 19.9. The standard InChI is InChI=1S/C19H24FN5O2S/c1-25-16(11-21-18(27)14-9-5-6-10-15(14)20)23-24-19(25)28-12-17(26)22-13-7-3-2-4-8-13/h5-6,9-10,13H,2-4,7-8,11-12H2,1H3,(H,21,27)(H,22,26). The molecule has 2 aromatic rings. The summed E-state index contributed by atoms with van der Waals surface area (Å²) in [7, 11) is 1.77. The van der Waals surface area contributed by atoms with Crippen molar-refractivity contribution in [3.05, 3.63) is 41.5 Å². The van der Waals surface area contributed by atoms with Crippen LogP contribution in [0.15, 0.2) is 29.4 Å². The van der Waals surface area contributed by atoms with Crippen LogP contribution in [0, 0.1) is 5.82 Å². The molecule has 1 aliphatic rings. The summed E-state index contributed by atoms with van der Waals surface area (Å²) >= 11 is 1.30. The van der Waals surface area contributed by atoms with Crippen LogP contribution in [-0.2, 0) is 18.4 Å². The summed E-state index contributed by atoms with van der Waals surface area (Å²) in [5.74, 6) is -0.293. The van der Waals surface area contributed by atoms with Gasteiger partial charge < -0.3 is 15.2 Å². The molecule has 0 unspecified atom stereocenters. The van der Waals surface area contributed by atoms with Crippen LogP contribution in [0.5, 0.6) is 0 Å². The van der Waals surface area contributed by atoms with Crippen LogP contribution in [0.25, 0.3) is 0 Å². The van der Waals surface area contributed by atoms with Gasteiger partial charge in [-0.05, 0) is 25.0 Å². The Morgan fingerprint density at radius 1 is 1.21 bits per heavy atom. The Balaban J connectivity index is 1.48. The largest absolute Gasteiger partial charge is 0.353 e. The van der Waals surface area contributed by atoms with Crippen LogP contribution in [0.3, 0.4) is 0 Å². The number of amides is 2. The second kappa shape index (κ2) is 9.68. The van der Waals surface area contributed by atoms with Gasteiger partial charge in [0.05, 0.1) is 17.9 Å². The molecule has 0 bridgehead atoms. The van der Waals surface area contributed by atoms with Gasteiger partial charge in [0.25, 0.3) is 5.91 Å². The minimum atomic E-state index is -0.571. The van der Waals surface area contributed by atoms with Gasteiger partial charge in [0.2, 0.25) is 5.91 Å². The summed E-state index contributed by atoms with van der Waals surface area (Å²) in [6.45, 7) is 0.117. The molecule has 28 heavy (non-hydrogen) atoms. The Morgan fingerprint density at radius 3 is 2.71 bits per heavy atom. The molecular formula is C19H24FN5O2S. The zero-order valence-corrected chi connectivity index (χ0v) is 16.6. The van der Waals surface area contributed by atoms with Crippen molar-refractivity contribution in [1.82, 2.24) is 25.4 Å². The fourth-order valence-electron chi connectivity index (χ4n) is 3.17. The number of carbonyl (C=O) groups excluding carboxylic acids is 2. The highest BCUT2D eigenvalue weighted by Crippen LogP contribution is 2.19. The lowest BCUT2D eigenvalue weighted by Crippen LogP contribution is -2.37. The highest BCUT2D eigenvalue weighted by Gasteiger charge is 2.17. The van der Waals surface area contributed by atoms with E-state index in [0.29, 0.717) is 11.0 Å². The van der Waals surface area contributed by atoms with Crippen LogP contribution >= 0.6 is 11.8 Å². The highest BCUT2D eigenvalue weighted by atomic mass is 32.2. The van der Waals surface area contributed by atoms with E-state index < -0.39 is 11.7 Å². The van der Waals surface area contributed by atoms with Crippen molar-refractivity contribution in [1.29, 1.82) is 0 Å². The molecule has 1 fully saturated rings. The van der Waals surface area contributed by atoms with E-state index in [9.17, 15) is 14.0 Å². The number of hydrogen-bond acceptors (Lipinski definition) is 5. The molecule has 0 saturated heterocycles. The Morgan fingerprint density at radius 2 is 1.96 bits per heavy atom. The third-order valence-corrected chi connectivity index (χ3v) is 5.77. The summed E-state index contributed by atoms with van der Waals surface area (Å²) in [6, 6.07) is 6.08. The number of nitrogens with zero attached hydrogens (tertiary/aromatic N) is 3. The number of carbonyl (C=O) groups is 2. The van der Waals surface area contributed by atoms with Gasteiger partial charge in [-0.3, -0.25) is 9.59 Å². The molecule has 1 aliphatic carbocycles. The monoisotopic (exact) mass is 405 g/mol. The SMILES string of the molecule is Cn1c(CNC(=O)c2ccccc2F)nnc1SCC(=O)NC1CCCCC1. The minimum Gasteiger partial charge on any atom is -0.353 e. The van der Waals surface area contributed by atoms with Gasteiger partial charge in [0.1, 0.15) is 5.82 Å². The van der Waals surface area contributed by atoms with Gasteiger partial charge >= 0.3 is 0 Å². The number of halogens is 1. The lowest BCUT2D eigenvalue weighted by molar-refractivity contribution is -0.119. The van der Waals surface area contributed by atoms with Crippen LogP contribution in [-0.4, -0.2) is 38.4 Å². The number of thioether (sulfide) groups is 1. The van der Waals surface area contributed by atoms with Crippen LogP contribution in [0.4, 0.5) is 4.39 Å². The molecule has 7 nitrogen and oxygen atoms in total. The van der Waals surface area contributed by atoms with E-state index in [0.717, 1.165) is 12.8 Å². The number of benzene rings is 1. The third-order valence-electron chi connectivity index (χ3n) is 4.75. The first-order valence-corrected chi connectivity index (χ1v) is 10.4. The summed E-state index contributed by atoms with van der Waals surface area (Å²) < 4.78 is 15.4. The van der Waals surface area contributed by atoms with Gasteiger partial charge in [-0.15, -0.1) is 10.2 Å². The van der Waals surface area contributed by atoms with Crippen molar-refractivity contribution in [2.24, 2.45) is 7.05 Å². The molecule has 3 rings (SSSR count). The average Bonchev–Trinajstić information content (AvgIpc) is 3.05. The number of aromatic nitrogens is 3. The lowest BCUT2D eigenvalue weighted by atomic mass is 9.95. The molecule has 1 aromatic carbocycles. The maximum Gasteiger partial charge on any atom is 0.254 e. The second-order valence-corrected chi connectivity index (χ2v) is 7.75. The highest BCUT2D eigenvalue weighted by molar-refractivity contribution is 7.99. The van der Waals surface area contributed by atoms with Crippen LogP contribution < -0.4 is 10.6 Å². The summed E-state index contributed by atoms with van der Waals surface area (Å²) in [6.07, 6.45) is 5.68. The van der Waals surface area contributed by atoms with Gasteiger partial charge in [-0.1, -0.05) is 43.2 Å². The molecule has 1 heterocycles. The van der Waals surface area contributed by atoms with E-state index in [4.69, 9.17) is 0 Å². The maximum atomic E-state index is 13.7. The van der Waals surface area contributed by atoms with E-state index in [1.807, 2.05) is 0 Å². The van der Waals surface area contributed by atoms with Crippen LogP contribution in [0.1, 0.15) is 48.3 Å². The molecule has 2 N–H and O–H groups in total. The smallest absolute Gasteiger partial charge is 0.254 e. The Bertz CT molecular complexity index is 835. The molecule has 2 amide bonds. The van der Waals surface area contributed by atoms with Gasteiger partial charge in [0.15, 0.2) is 11.0 Å². The average molecular weight is 405 g/mol. The summed E-state index contributed by atoms with van der Waals surface area (Å²) in [5, 5.41) is 14.4. The number of hydrogen-bond donors (Lipinski definition) is 2. The van der Waals surface area contributed by atoms with E-state index in [-0.39, 0.29) is 29.8 Å². The third kappa shape index (κ3) is 5.31. The van der Waals surface area contributed by atoms with Crippen molar-refractivity contribution in [2.45, 2.75) is 49.8 Å². The molecule has 0 aliphatic heterocycles. The van der Waals surface area contributed by atoms with Crippen molar-refractivity contribution in [3.63, 3.8) is 0 Å². The summed E-state index contributed by atoms with van der Waals surface area (Å²) in [5.41, 5.74) is -0.0151. The van der Waals surface area contributed by atoms with Gasteiger partial charge in [0, 0.05) is 13.1 Å². The van der Waals surface area contributed by atoms with Crippen molar-refractivity contribution < 1.29 is 14.0 Å². The van der Waals surface area contributed by atoms with Gasteiger partial charge in [-0.25, -0.2) is 4.39 Å². The molecule has 0 radical (unpaired) electrons. The van der Waals surface area contributed by atoms with Crippen molar-refractivity contribution in [2.75, 3.05) is 5.75 Å². The molecule has 0 spiro atoms. The predicted molar refractivity (Wildman–Crippen MR) is 104 cm³/mol. The van der Waals surface area contributed by atoms with E-state index in [1.165, 1.54) is 49.2 Å². The lowest BCUT2D eigenvalue weighted by Gasteiger charge is -2.22. The molecule has 1 saturated carbocycles. The van der Waals surface area contributed by atoms with E-state index in [2.05, 4.69) is 20.8 Å². The normalized spacial score (nSPS) is 14.6. The van der Waals surface area contributed by atoms with Crippen LogP contribution in [0.2, 0.25) is 0 Å². The van der Waals surface area contributed by atoms with E-state index >= 15 is 0 Å². The maximum absolute atomic E-state index is 13.7. The van der Waals surface area contributed by atoms with Crippen molar-refractivity contribution >= 4 is 23.6 Å².